The predicted octanol–water partition coefficient (Wildman–Crippen LogP) is 2.73. The Hall–Kier alpha value is -2.40. The Morgan fingerprint density at radius 1 is 1.22 bits per heavy atom. The highest BCUT2D eigenvalue weighted by Crippen LogP contribution is 2.19. The van der Waals surface area contributed by atoms with Crippen LogP contribution in [0.5, 0.6) is 5.75 Å². The molecule has 1 atom stereocenters. The lowest BCUT2D eigenvalue weighted by Crippen LogP contribution is -2.31. The topological polar surface area (TPSA) is 64.3 Å². The van der Waals surface area contributed by atoms with Gasteiger partial charge in [0.05, 0.1) is 5.56 Å². The molecule has 0 spiro atoms. The number of nitrogens with one attached hydrogen (secondary N) is 1. The van der Waals surface area contributed by atoms with Gasteiger partial charge in [-0.3, -0.25) is 4.79 Å². The van der Waals surface area contributed by atoms with Crippen LogP contribution in [0, 0.1) is 11.7 Å². The molecule has 0 saturated heterocycles. The summed E-state index contributed by atoms with van der Waals surface area (Å²) in [7, 11) is 0. The first-order valence-corrected chi connectivity index (χ1v) is 7.54. The second kappa shape index (κ2) is 8.29. The SMILES string of the molecule is CC(CN)CNC(=O)c1ccccc1OCc1ccc(F)cc1. The van der Waals surface area contributed by atoms with Gasteiger partial charge in [-0.25, -0.2) is 4.39 Å². The lowest BCUT2D eigenvalue weighted by molar-refractivity contribution is 0.0944. The maximum Gasteiger partial charge on any atom is 0.255 e. The van der Waals surface area contributed by atoms with Crippen molar-refractivity contribution in [1.82, 2.24) is 5.32 Å². The molecule has 0 aliphatic rings. The number of ether oxygens (including phenoxy) is 1. The smallest absolute Gasteiger partial charge is 0.255 e. The monoisotopic (exact) mass is 316 g/mol. The van der Waals surface area contributed by atoms with Gasteiger partial charge in [-0.05, 0) is 42.3 Å². The van der Waals surface area contributed by atoms with Crippen molar-refractivity contribution in [2.75, 3.05) is 13.1 Å². The highest BCUT2D eigenvalue weighted by atomic mass is 19.1. The molecule has 4 nitrogen and oxygen atoms in total. The number of carbonyl (C=O) groups is 1. The zero-order chi connectivity index (χ0) is 16.7. The molecule has 0 radical (unpaired) electrons. The fourth-order valence-corrected chi connectivity index (χ4v) is 1.97. The summed E-state index contributed by atoms with van der Waals surface area (Å²) in [6.07, 6.45) is 0. The maximum absolute atomic E-state index is 12.9. The summed E-state index contributed by atoms with van der Waals surface area (Å²) in [5.74, 6) is 0.225. The highest BCUT2D eigenvalue weighted by Gasteiger charge is 2.12. The van der Waals surface area contributed by atoms with Gasteiger partial charge >= 0.3 is 0 Å². The van der Waals surface area contributed by atoms with E-state index in [4.69, 9.17) is 10.5 Å². The van der Waals surface area contributed by atoms with E-state index in [0.29, 0.717) is 24.4 Å². The van der Waals surface area contributed by atoms with Crippen LogP contribution in [0.2, 0.25) is 0 Å². The maximum atomic E-state index is 12.9. The van der Waals surface area contributed by atoms with Crippen molar-refractivity contribution >= 4 is 5.91 Å². The van der Waals surface area contributed by atoms with E-state index in [1.165, 1.54) is 12.1 Å². The molecule has 0 aliphatic heterocycles. The third kappa shape index (κ3) is 5.07. The number of hydrogen-bond acceptors (Lipinski definition) is 3. The van der Waals surface area contributed by atoms with Crippen molar-refractivity contribution in [3.05, 3.63) is 65.5 Å². The van der Waals surface area contributed by atoms with E-state index in [1.54, 1.807) is 36.4 Å². The average molecular weight is 316 g/mol. The fourth-order valence-electron chi connectivity index (χ4n) is 1.97. The van der Waals surface area contributed by atoms with Gasteiger partial charge in [0.1, 0.15) is 18.2 Å². The van der Waals surface area contributed by atoms with E-state index in [1.807, 2.05) is 6.92 Å². The normalized spacial score (nSPS) is 11.8. The van der Waals surface area contributed by atoms with Crippen LogP contribution in [0.3, 0.4) is 0 Å². The van der Waals surface area contributed by atoms with E-state index >= 15 is 0 Å². The summed E-state index contributed by atoms with van der Waals surface area (Å²) in [5.41, 5.74) is 6.85. The summed E-state index contributed by atoms with van der Waals surface area (Å²) < 4.78 is 18.6. The van der Waals surface area contributed by atoms with E-state index in [-0.39, 0.29) is 24.2 Å². The minimum atomic E-state index is -0.289. The molecule has 5 heteroatoms. The van der Waals surface area contributed by atoms with Gasteiger partial charge in [0.25, 0.3) is 5.91 Å². The molecule has 0 fully saturated rings. The molecule has 1 unspecified atom stereocenters. The molecule has 1 amide bonds. The van der Waals surface area contributed by atoms with Gasteiger partial charge in [-0.2, -0.15) is 0 Å². The molecule has 0 heterocycles. The largest absolute Gasteiger partial charge is 0.488 e. The molecule has 0 aromatic heterocycles. The second-order valence-electron chi connectivity index (χ2n) is 5.46. The lowest BCUT2D eigenvalue weighted by Gasteiger charge is -2.13. The Kier molecular flexibility index (Phi) is 6.11. The van der Waals surface area contributed by atoms with Gasteiger partial charge in [-0.15, -0.1) is 0 Å². The van der Waals surface area contributed by atoms with Gasteiger partial charge in [0.2, 0.25) is 0 Å². The number of halogens is 1. The van der Waals surface area contributed by atoms with Crippen molar-refractivity contribution in [2.24, 2.45) is 11.7 Å². The predicted molar refractivity (Wildman–Crippen MR) is 87.7 cm³/mol. The van der Waals surface area contributed by atoms with Crippen molar-refractivity contribution in [2.45, 2.75) is 13.5 Å². The number of carbonyl (C=O) groups excluding carboxylic acids is 1. The summed E-state index contributed by atoms with van der Waals surface area (Å²) in [5, 5.41) is 2.85. The average Bonchev–Trinajstić information content (AvgIpc) is 2.59. The quantitative estimate of drug-likeness (QED) is 0.825. The van der Waals surface area contributed by atoms with Crippen molar-refractivity contribution in [1.29, 1.82) is 0 Å². The molecule has 3 N–H and O–H groups in total. The Labute approximate surface area is 135 Å². The summed E-state index contributed by atoms with van der Waals surface area (Å²) in [6, 6.07) is 13.1. The lowest BCUT2D eigenvalue weighted by atomic mass is 10.1. The van der Waals surface area contributed by atoms with Gasteiger partial charge in [-0.1, -0.05) is 31.2 Å². The van der Waals surface area contributed by atoms with Crippen LogP contribution in [-0.2, 0) is 6.61 Å². The molecule has 0 saturated carbocycles. The van der Waals surface area contributed by atoms with Gasteiger partial charge in [0, 0.05) is 6.54 Å². The van der Waals surface area contributed by atoms with Crippen LogP contribution >= 0.6 is 0 Å². The Balaban J connectivity index is 2.02. The molecule has 0 aliphatic carbocycles. The Bertz CT molecular complexity index is 644. The summed E-state index contributed by atoms with van der Waals surface area (Å²) in [6.45, 7) is 3.27. The standard InChI is InChI=1S/C18H21FN2O2/c1-13(10-20)11-21-18(22)16-4-2-3-5-17(16)23-12-14-6-8-15(19)9-7-14/h2-9,13H,10-12,20H2,1H3,(H,21,22). The zero-order valence-corrected chi connectivity index (χ0v) is 13.1. The Morgan fingerprint density at radius 3 is 2.61 bits per heavy atom. The van der Waals surface area contributed by atoms with Crippen molar-refractivity contribution in [3.63, 3.8) is 0 Å². The number of nitrogens with two attached hydrogens (primary N) is 1. The second-order valence-corrected chi connectivity index (χ2v) is 5.46. The molecule has 2 aromatic carbocycles. The number of para-hydroxylation sites is 1. The van der Waals surface area contributed by atoms with E-state index in [0.717, 1.165) is 5.56 Å². The molecule has 2 aromatic rings. The van der Waals surface area contributed by atoms with E-state index in [2.05, 4.69) is 5.32 Å². The first-order chi connectivity index (χ1) is 11.1. The van der Waals surface area contributed by atoms with Crippen LogP contribution in [-0.4, -0.2) is 19.0 Å². The fraction of sp³-hybridized carbons (Fsp3) is 0.278. The highest BCUT2D eigenvalue weighted by molar-refractivity contribution is 5.96. The van der Waals surface area contributed by atoms with Crippen LogP contribution in [0.1, 0.15) is 22.8 Å². The van der Waals surface area contributed by atoms with Gasteiger partial charge in [0.15, 0.2) is 0 Å². The molecule has 122 valence electrons. The van der Waals surface area contributed by atoms with Crippen LogP contribution in [0.4, 0.5) is 4.39 Å². The minimum absolute atomic E-state index is 0.194. The van der Waals surface area contributed by atoms with Crippen LogP contribution in [0.25, 0.3) is 0 Å². The molecular formula is C18H21FN2O2. The van der Waals surface area contributed by atoms with Crippen molar-refractivity contribution < 1.29 is 13.9 Å². The third-order valence-corrected chi connectivity index (χ3v) is 3.45. The van der Waals surface area contributed by atoms with E-state index in [9.17, 15) is 9.18 Å². The number of amides is 1. The molecular weight excluding hydrogens is 295 g/mol. The Morgan fingerprint density at radius 2 is 1.91 bits per heavy atom. The molecule has 0 bridgehead atoms. The zero-order valence-electron chi connectivity index (χ0n) is 13.1. The first-order valence-electron chi connectivity index (χ1n) is 7.54. The van der Waals surface area contributed by atoms with Crippen LogP contribution < -0.4 is 15.8 Å². The van der Waals surface area contributed by atoms with E-state index < -0.39 is 0 Å². The number of hydrogen-bond donors (Lipinski definition) is 2. The number of rotatable bonds is 7. The molecule has 2 rings (SSSR count). The minimum Gasteiger partial charge on any atom is -0.488 e. The van der Waals surface area contributed by atoms with Gasteiger partial charge < -0.3 is 15.8 Å². The summed E-state index contributed by atoms with van der Waals surface area (Å²) in [4.78, 5) is 12.3. The van der Waals surface area contributed by atoms with Crippen molar-refractivity contribution in [3.8, 4) is 5.75 Å². The number of benzene rings is 2. The molecule has 23 heavy (non-hydrogen) atoms. The van der Waals surface area contributed by atoms with Crippen LogP contribution in [0.15, 0.2) is 48.5 Å². The first kappa shape index (κ1) is 17.0. The summed E-state index contributed by atoms with van der Waals surface area (Å²) >= 11 is 0. The third-order valence-electron chi connectivity index (χ3n) is 3.45.